The normalized spacial score (nSPS) is 13.1. The third-order valence-electron chi connectivity index (χ3n) is 4.06. The zero-order valence-corrected chi connectivity index (χ0v) is 14.6. The number of aliphatic hydroxyl groups is 1. The molecule has 1 atom stereocenters. The van der Waals surface area contributed by atoms with Crippen LogP contribution in [0.4, 0.5) is 13.2 Å². The Morgan fingerprint density at radius 2 is 1.81 bits per heavy atom. The van der Waals surface area contributed by atoms with Crippen molar-refractivity contribution in [2.45, 2.75) is 25.4 Å². The minimum Gasteiger partial charge on any atom is -0.496 e. The SMILES string of the molecule is COc1ccccc1COC[C@H](O)Cn1c(C(F)(F)F)nc2ccccc21. The maximum Gasteiger partial charge on any atom is 0.449 e. The third-order valence-corrected chi connectivity index (χ3v) is 4.06. The number of nitrogens with zero attached hydrogens (tertiary/aromatic N) is 2. The number of fused-ring (bicyclic) bond motifs is 1. The molecule has 0 bridgehead atoms. The smallest absolute Gasteiger partial charge is 0.449 e. The summed E-state index contributed by atoms with van der Waals surface area (Å²) in [5.74, 6) is -0.389. The molecule has 0 aliphatic rings. The molecule has 1 heterocycles. The quantitative estimate of drug-likeness (QED) is 0.680. The maximum atomic E-state index is 13.3. The van der Waals surface area contributed by atoms with Crippen LogP contribution in [-0.4, -0.2) is 34.5 Å². The minimum absolute atomic E-state index is 0.123. The van der Waals surface area contributed by atoms with E-state index >= 15 is 0 Å². The van der Waals surface area contributed by atoms with E-state index in [1.807, 2.05) is 18.2 Å². The molecule has 8 heteroatoms. The Bertz CT molecular complexity index is 909. The van der Waals surface area contributed by atoms with Crippen molar-refractivity contribution in [3.8, 4) is 5.75 Å². The molecular formula is C19H19F3N2O3. The number of alkyl halides is 3. The van der Waals surface area contributed by atoms with Gasteiger partial charge in [0.2, 0.25) is 5.82 Å². The Morgan fingerprint density at radius 3 is 2.56 bits per heavy atom. The Balaban J connectivity index is 1.70. The fourth-order valence-electron chi connectivity index (χ4n) is 2.87. The van der Waals surface area contributed by atoms with Crippen molar-refractivity contribution < 1.29 is 27.8 Å². The van der Waals surface area contributed by atoms with Gasteiger partial charge in [-0.15, -0.1) is 0 Å². The summed E-state index contributed by atoms with van der Waals surface area (Å²) in [5, 5.41) is 10.2. The second-order valence-corrected chi connectivity index (χ2v) is 6.01. The number of aromatic nitrogens is 2. The highest BCUT2D eigenvalue weighted by molar-refractivity contribution is 5.76. The number of benzene rings is 2. The molecule has 0 spiro atoms. The van der Waals surface area contributed by atoms with Crippen LogP contribution in [0.1, 0.15) is 11.4 Å². The van der Waals surface area contributed by atoms with Crippen LogP contribution in [0.15, 0.2) is 48.5 Å². The molecule has 0 aliphatic carbocycles. The van der Waals surface area contributed by atoms with Gasteiger partial charge in [0.15, 0.2) is 0 Å². The first kappa shape index (κ1) is 19.2. The largest absolute Gasteiger partial charge is 0.496 e. The summed E-state index contributed by atoms with van der Waals surface area (Å²) in [7, 11) is 1.54. The van der Waals surface area contributed by atoms with Crippen molar-refractivity contribution in [2.75, 3.05) is 13.7 Å². The molecule has 5 nitrogen and oxygen atoms in total. The van der Waals surface area contributed by atoms with Gasteiger partial charge < -0.3 is 19.1 Å². The van der Waals surface area contributed by atoms with E-state index in [1.54, 1.807) is 24.3 Å². The van der Waals surface area contributed by atoms with Crippen LogP contribution in [0.3, 0.4) is 0 Å². The number of para-hydroxylation sites is 3. The lowest BCUT2D eigenvalue weighted by atomic mass is 10.2. The van der Waals surface area contributed by atoms with Crippen LogP contribution in [-0.2, 0) is 24.1 Å². The van der Waals surface area contributed by atoms with Gasteiger partial charge in [0.1, 0.15) is 5.75 Å². The van der Waals surface area contributed by atoms with Gasteiger partial charge in [-0.3, -0.25) is 0 Å². The van der Waals surface area contributed by atoms with Gasteiger partial charge in [0, 0.05) is 5.56 Å². The van der Waals surface area contributed by atoms with Crippen molar-refractivity contribution in [3.05, 3.63) is 59.9 Å². The average molecular weight is 380 g/mol. The number of hydrogen-bond donors (Lipinski definition) is 1. The summed E-state index contributed by atoms with van der Waals surface area (Å²) in [6.07, 6.45) is -5.74. The van der Waals surface area contributed by atoms with Crippen LogP contribution >= 0.6 is 0 Å². The van der Waals surface area contributed by atoms with Crippen molar-refractivity contribution in [1.82, 2.24) is 9.55 Å². The number of aliphatic hydroxyl groups excluding tert-OH is 1. The summed E-state index contributed by atoms with van der Waals surface area (Å²) in [4.78, 5) is 3.66. The molecule has 0 fully saturated rings. The molecule has 3 rings (SSSR count). The van der Waals surface area contributed by atoms with E-state index in [0.29, 0.717) is 11.3 Å². The maximum absolute atomic E-state index is 13.3. The summed E-state index contributed by atoms with van der Waals surface area (Å²) in [5.41, 5.74) is 1.33. The van der Waals surface area contributed by atoms with Gasteiger partial charge in [0.25, 0.3) is 0 Å². The fraction of sp³-hybridized carbons (Fsp3) is 0.316. The highest BCUT2D eigenvalue weighted by atomic mass is 19.4. The number of rotatable bonds is 7. The van der Waals surface area contributed by atoms with Crippen LogP contribution in [0, 0.1) is 0 Å². The molecule has 0 radical (unpaired) electrons. The molecule has 0 saturated carbocycles. The second-order valence-electron chi connectivity index (χ2n) is 6.01. The van der Waals surface area contributed by atoms with Crippen molar-refractivity contribution in [2.24, 2.45) is 0 Å². The Hall–Kier alpha value is -2.58. The van der Waals surface area contributed by atoms with E-state index in [2.05, 4.69) is 4.98 Å². The number of hydrogen-bond acceptors (Lipinski definition) is 4. The lowest BCUT2D eigenvalue weighted by molar-refractivity contribution is -0.147. The fourth-order valence-corrected chi connectivity index (χ4v) is 2.87. The van der Waals surface area contributed by atoms with Crippen molar-refractivity contribution >= 4 is 11.0 Å². The Labute approximate surface area is 154 Å². The van der Waals surface area contributed by atoms with E-state index < -0.39 is 18.1 Å². The van der Waals surface area contributed by atoms with E-state index in [9.17, 15) is 18.3 Å². The van der Waals surface area contributed by atoms with E-state index in [1.165, 1.54) is 13.2 Å². The molecule has 2 aromatic carbocycles. The van der Waals surface area contributed by atoms with Crippen LogP contribution in [0.25, 0.3) is 11.0 Å². The number of methoxy groups -OCH3 is 1. The molecule has 144 valence electrons. The molecule has 27 heavy (non-hydrogen) atoms. The van der Waals surface area contributed by atoms with Crippen molar-refractivity contribution in [1.29, 1.82) is 0 Å². The third kappa shape index (κ3) is 4.40. The van der Waals surface area contributed by atoms with Crippen LogP contribution < -0.4 is 4.74 Å². The predicted octanol–water partition coefficient (Wildman–Crippen LogP) is 3.64. The highest BCUT2D eigenvalue weighted by Gasteiger charge is 2.37. The standard InChI is InChI=1S/C19H19F3N2O3/c1-26-17-9-5-2-6-13(17)11-27-12-14(25)10-24-16-8-4-3-7-15(16)23-18(24)19(20,21)22/h2-9,14,25H,10-12H2,1H3/t14-/m1/s1. The molecule has 0 aliphatic heterocycles. The molecule has 0 saturated heterocycles. The molecule has 0 unspecified atom stereocenters. The van der Waals surface area contributed by atoms with Crippen LogP contribution in [0.2, 0.25) is 0 Å². The Morgan fingerprint density at radius 1 is 1.11 bits per heavy atom. The zero-order valence-electron chi connectivity index (χ0n) is 14.6. The van der Waals surface area contributed by atoms with Crippen LogP contribution in [0.5, 0.6) is 5.75 Å². The zero-order chi connectivity index (χ0) is 19.4. The molecular weight excluding hydrogens is 361 g/mol. The monoisotopic (exact) mass is 380 g/mol. The first-order valence-corrected chi connectivity index (χ1v) is 8.30. The minimum atomic E-state index is -4.61. The molecule has 3 aromatic rings. The van der Waals surface area contributed by atoms with E-state index in [4.69, 9.17) is 9.47 Å². The summed E-state index contributed by atoms with van der Waals surface area (Å²) in [6, 6.07) is 13.5. The summed E-state index contributed by atoms with van der Waals surface area (Å²) < 4.78 is 51.5. The van der Waals surface area contributed by atoms with Gasteiger partial charge in [-0.05, 0) is 18.2 Å². The molecule has 0 amide bonds. The number of halogens is 3. The van der Waals surface area contributed by atoms with Gasteiger partial charge in [-0.2, -0.15) is 13.2 Å². The molecule has 1 N–H and O–H groups in total. The number of imidazole rings is 1. The van der Waals surface area contributed by atoms with Gasteiger partial charge in [-0.1, -0.05) is 30.3 Å². The summed E-state index contributed by atoms with van der Waals surface area (Å²) in [6.45, 7) is -0.221. The lowest BCUT2D eigenvalue weighted by Crippen LogP contribution is -2.25. The second kappa shape index (κ2) is 7.98. The highest BCUT2D eigenvalue weighted by Crippen LogP contribution is 2.31. The topological polar surface area (TPSA) is 56.5 Å². The average Bonchev–Trinajstić information content (AvgIpc) is 3.01. The first-order chi connectivity index (χ1) is 12.9. The lowest BCUT2D eigenvalue weighted by Gasteiger charge is -2.16. The Kier molecular flexibility index (Phi) is 5.67. The predicted molar refractivity (Wildman–Crippen MR) is 93.4 cm³/mol. The van der Waals surface area contributed by atoms with Gasteiger partial charge in [-0.25, -0.2) is 4.98 Å². The molecule has 1 aromatic heterocycles. The van der Waals surface area contributed by atoms with Gasteiger partial charge in [0.05, 0.1) is 44.0 Å². The van der Waals surface area contributed by atoms with Crippen molar-refractivity contribution in [3.63, 3.8) is 0 Å². The number of ether oxygens (including phenoxy) is 2. The van der Waals surface area contributed by atoms with Gasteiger partial charge >= 0.3 is 6.18 Å². The van der Waals surface area contributed by atoms with E-state index in [-0.39, 0.29) is 25.3 Å². The first-order valence-electron chi connectivity index (χ1n) is 8.30. The van der Waals surface area contributed by atoms with E-state index in [0.717, 1.165) is 10.1 Å². The summed E-state index contributed by atoms with van der Waals surface area (Å²) >= 11 is 0.